The van der Waals surface area contributed by atoms with Crippen molar-refractivity contribution < 1.29 is 9.53 Å². The smallest absolute Gasteiger partial charge is 0.352 e. The summed E-state index contributed by atoms with van der Waals surface area (Å²) in [6.45, 7) is 2.12. The summed E-state index contributed by atoms with van der Waals surface area (Å²) >= 11 is 1.71. The van der Waals surface area contributed by atoms with E-state index in [2.05, 4.69) is 29.0 Å². The van der Waals surface area contributed by atoms with Crippen molar-refractivity contribution in [2.24, 2.45) is 5.92 Å². The molecular weight excluding hydrogens is 414 g/mol. The third-order valence-corrected chi connectivity index (χ3v) is 8.67. The Morgan fingerprint density at radius 1 is 1.26 bits per heavy atom. The van der Waals surface area contributed by atoms with Gasteiger partial charge in [0.1, 0.15) is 23.8 Å². The fourth-order valence-corrected chi connectivity index (χ4v) is 7.11. The fraction of sp³-hybridized carbons (Fsp3) is 0.636. The molecule has 2 fully saturated rings. The summed E-state index contributed by atoms with van der Waals surface area (Å²) in [6.07, 6.45) is 8.75. The van der Waals surface area contributed by atoms with Crippen LogP contribution in [0.15, 0.2) is 11.1 Å². The van der Waals surface area contributed by atoms with Crippen molar-refractivity contribution in [1.82, 2.24) is 24.1 Å². The van der Waals surface area contributed by atoms with Gasteiger partial charge in [-0.15, -0.1) is 16.4 Å². The number of nitrogens with zero attached hydrogens (tertiary/aromatic N) is 5. The molecule has 5 heterocycles. The van der Waals surface area contributed by atoms with Gasteiger partial charge in [-0.1, -0.05) is 6.92 Å². The van der Waals surface area contributed by atoms with Crippen molar-refractivity contribution in [2.45, 2.75) is 76.6 Å². The van der Waals surface area contributed by atoms with Crippen molar-refractivity contribution in [3.05, 3.63) is 27.3 Å². The maximum absolute atomic E-state index is 12.9. The molecule has 0 radical (unpaired) electrons. The Labute approximate surface area is 183 Å². The summed E-state index contributed by atoms with van der Waals surface area (Å²) in [6, 6.07) is 1.00. The summed E-state index contributed by atoms with van der Waals surface area (Å²) in [5.74, 6) is 0.283. The number of carbonyl (C=O) groups excluding carboxylic acids is 1. The highest BCUT2D eigenvalue weighted by Crippen LogP contribution is 2.38. The molecule has 3 unspecified atom stereocenters. The zero-order valence-corrected chi connectivity index (χ0v) is 18.7. The van der Waals surface area contributed by atoms with Gasteiger partial charge in [0, 0.05) is 17.0 Å². The topological polar surface area (TPSA) is 81.7 Å². The molecule has 1 aliphatic carbocycles. The maximum atomic E-state index is 12.9. The Balaban J connectivity index is 1.27. The lowest BCUT2D eigenvalue weighted by atomic mass is 9.89. The van der Waals surface area contributed by atoms with Crippen LogP contribution in [-0.2, 0) is 28.9 Å². The lowest BCUT2D eigenvalue weighted by Gasteiger charge is -2.35. The van der Waals surface area contributed by atoms with Crippen molar-refractivity contribution in [2.75, 3.05) is 7.05 Å². The SMILES string of the molecule is CC1CCc2c(sc3ncn4c(=O)n(CC(=O)OC5CC6CCC(C5)N6C)nc4c23)C1. The maximum Gasteiger partial charge on any atom is 0.352 e. The highest BCUT2D eigenvalue weighted by molar-refractivity contribution is 7.19. The van der Waals surface area contributed by atoms with Crippen LogP contribution in [-0.4, -0.2) is 55.3 Å². The molecule has 3 aromatic heterocycles. The number of thiophene rings is 1. The number of aryl methyl sites for hydroxylation is 1. The highest BCUT2D eigenvalue weighted by Gasteiger charge is 2.40. The van der Waals surface area contributed by atoms with Gasteiger partial charge >= 0.3 is 11.7 Å². The second kappa shape index (κ2) is 7.13. The van der Waals surface area contributed by atoms with Crippen LogP contribution in [0.2, 0.25) is 0 Å². The summed E-state index contributed by atoms with van der Waals surface area (Å²) in [5, 5.41) is 5.53. The molecule has 31 heavy (non-hydrogen) atoms. The molecule has 9 heteroatoms. The first-order chi connectivity index (χ1) is 15.0. The quantitative estimate of drug-likeness (QED) is 0.581. The molecule has 0 aromatic carbocycles. The molecule has 0 amide bonds. The molecule has 2 bridgehead atoms. The Bertz CT molecular complexity index is 1230. The normalized spacial score (nSPS) is 28.3. The van der Waals surface area contributed by atoms with Crippen molar-refractivity contribution in [3.63, 3.8) is 0 Å². The molecule has 0 spiro atoms. The van der Waals surface area contributed by atoms with E-state index in [4.69, 9.17) is 4.74 Å². The Hall–Kier alpha value is -2.26. The first-order valence-electron chi connectivity index (χ1n) is 11.3. The first-order valence-corrected chi connectivity index (χ1v) is 12.1. The molecule has 2 aliphatic heterocycles. The summed E-state index contributed by atoms with van der Waals surface area (Å²) in [4.78, 5) is 34.8. The predicted molar refractivity (Wildman–Crippen MR) is 118 cm³/mol. The molecule has 164 valence electrons. The van der Waals surface area contributed by atoms with Crippen molar-refractivity contribution in [1.29, 1.82) is 0 Å². The summed E-state index contributed by atoms with van der Waals surface area (Å²) in [7, 11) is 2.16. The molecule has 2 saturated heterocycles. The number of piperidine rings is 1. The fourth-order valence-electron chi connectivity index (χ4n) is 5.77. The van der Waals surface area contributed by atoms with Gasteiger partial charge in [0.2, 0.25) is 0 Å². The molecule has 3 aliphatic rings. The largest absolute Gasteiger partial charge is 0.461 e. The third kappa shape index (κ3) is 3.12. The number of aromatic nitrogens is 4. The minimum Gasteiger partial charge on any atom is -0.461 e. The number of esters is 1. The van der Waals surface area contributed by atoms with E-state index in [1.807, 2.05) is 0 Å². The predicted octanol–water partition coefficient (Wildman–Crippen LogP) is 2.40. The zero-order chi connectivity index (χ0) is 21.3. The van der Waals surface area contributed by atoms with Crippen LogP contribution in [0, 0.1) is 5.92 Å². The Morgan fingerprint density at radius 2 is 2.03 bits per heavy atom. The lowest BCUT2D eigenvalue weighted by molar-refractivity contribution is -0.153. The van der Waals surface area contributed by atoms with Crippen molar-refractivity contribution in [3.8, 4) is 0 Å². The van der Waals surface area contributed by atoms with Crippen LogP contribution in [0.25, 0.3) is 15.9 Å². The summed E-state index contributed by atoms with van der Waals surface area (Å²) in [5.41, 5.74) is 1.54. The van der Waals surface area contributed by atoms with E-state index in [0.29, 0.717) is 23.6 Å². The number of hydrogen-bond donors (Lipinski definition) is 0. The van der Waals surface area contributed by atoms with Crippen LogP contribution >= 0.6 is 11.3 Å². The molecule has 8 nitrogen and oxygen atoms in total. The van der Waals surface area contributed by atoms with E-state index < -0.39 is 0 Å². The third-order valence-electron chi connectivity index (χ3n) is 7.51. The minimum absolute atomic E-state index is 0.0619. The average molecular weight is 442 g/mol. The second-order valence-corrected chi connectivity index (χ2v) is 10.6. The molecule has 0 N–H and O–H groups in total. The van der Waals surface area contributed by atoms with Gasteiger partial charge in [-0.05, 0) is 63.5 Å². The molecular formula is C22H27N5O3S. The lowest BCUT2D eigenvalue weighted by Crippen LogP contribution is -2.43. The second-order valence-electron chi connectivity index (χ2n) is 9.54. The molecule has 6 rings (SSSR count). The van der Waals surface area contributed by atoms with Gasteiger partial charge < -0.3 is 9.64 Å². The standard InChI is InChI=1S/C22H27N5O3S/c1-12-3-6-16-17(7-12)31-21-19(16)20-24-27(22(29)26(20)11-23-21)10-18(28)30-15-8-13-4-5-14(9-15)25(13)2/h11-15H,3-10H2,1-2H3. The van der Waals surface area contributed by atoms with Gasteiger partial charge in [-0.2, -0.15) is 0 Å². The van der Waals surface area contributed by atoms with Crippen LogP contribution < -0.4 is 5.69 Å². The number of carbonyl (C=O) groups is 1. The molecule has 3 atom stereocenters. The van der Waals surface area contributed by atoms with Crippen molar-refractivity contribution >= 4 is 33.2 Å². The van der Waals surface area contributed by atoms with E-state index in [1.54, 1.807) is 11.3 Å². The first kappa shape index (κ1) is 19.4. The number of fused-ring (bicyclic) bond motifs is 7. The number of ether oxygens (including phenoxy) is 1. The number of rotatable bonds is 3. The minimum atomic E-state index is -0.384. The van der Waals surface area contributed by atoms with E-state index >= 15 is 0 Å². The summed E-state index contributed by atoms with van der Waals surface area (Å²) < 4.78 is 8.46. The van der Waals surface area contributed by atoms with Gasteiger partial charge in [0.25, 0.3) is 0 Å². The Morgan fingerprint density at radius 3 is 2.81 bits per heavy atom. The van der Waals surface area contributed by atoms with Crippen LogP contribution in [0.4, 0.5) is 0 Å². The van der Waals surface area contributed by atoms with E-state index in [9.17, 15) is 9.59 Å². The van der Waals surface area contributed by atoms with E-state index in [-0.39, 0.29) is 24.3 Å². The van der Waals surface area contributed by atoms with Crippen LogP contribution in [0.5, 0.6) is 0 Å². The van der Waals surface area contributed by atoms with E-state index in [1.165, 1.54) is 38.7 Å². The van der Waals surface area contributed by atoms with Crippen LogP contribution in [0.3, 0.4) is 0 Å². The zero-order valence-electron chi connectivity index (χ0n) is 17.9. The number of hydrogen-bond acceptors (Lipinski definition) is 7. The molecule has 0 saturated carbocycles. The van der Waals surface area contributed by atoms with Gasteiger partial charge in [-0.25, -0.2) is 18.9 Å². The van der Waals surface area contributed by atoms with E-state index in [0.717, 1.165) is 42.3 Å². The molecule has 3 aromatic rings. The van der Waals surface area contributed by atoms with Crippen LogP contribution in [0.1, 0.15) is 49.5 Å². The van der Waals surface area contributed by atoms with Gasteiger partial charge in [-0.3, -0.25) is 4.79 Å². The monoisotopic (exact) mass is 441 g/mol. The average Bonchev–Trinajstić information content (AvgIpc) is 3.30. The Kier molecular flexibility index (Phi) is 4.47. The highest BCUT2D eigenvalue weighted by atomic mass is 32.1. The van der Waals surface area contributed by atoms with Gasteiger partial charge in [0.05, 0.1) is 5.39 Å². The van der Waals surface area contributed by atoms with Gasteiger partial charge in [0.15, 0.2) is 5.65 Å².